The lowest BCUT2D eigenvalue weighted by Crippen LogP contribution is -2.46. The van der Waals surface area contributed by atoms with Gasteiger partial charge in [-0.1, -0.05) is 54.6 Å². The van der Waals surface area contributed by atoms with E-state index >= 15 is 0 Å². The third-order valence-corrected chi connectivity index (χ3v) is 4.23. The van der Waals surface area contributed by atoms with E-state index in [2.05, 4.69) is 10.3 Å². The molecule has 0 fully saturated rings. The van der Waals surface area contributed by atoms with Crippen molar-refractivity contribution in [1.29, 1.82) is 0 Å². The number of amides is 2. The van der Waals surface area contributed by atoms with Crippen LogP contribution in [0, 0.1) is 0 Å². The highest BCUT2D eigenvalue weighted by Gasteiger charge is 2.19. The van der Waals surface area contributed by atoms with Gasteiger partial charge in [0.15, 0.2) is 0 Å². The highest BCUT2D eigenvalue weighted by atomic mass is 16.2. The van der Waals surface area contributed by atoms with Crippen LogP contribution in [0.15, 0.2) is 66.7 Å². The number of rotatable bonds is 7. The zero-order chi connectivity index (χ0) is 18.4. The van der Waals surface area contributed by atoms with Crippen molar-refractivity contribution in [2.45, 2.75) is 25.3 Å². The lowest BCUT2D eigenvalue weighted by atomic mass is 10.1. The number of aromatic nitrogens is 1. The van der Waals surface area contributed by atoms with E-state index in [1.54, 1.807) is 0 Å². The summed E-state index contributed by atoms with van der Waals surface area (Å²) in [6.45, 7) is 0. The molecular formula is C21H21N3O2. The Morgan fingerprint density at radius 2 is 1.69 bits per heavy atom. The van der Waals surface area contributed by atoms with Gasteiger partial charge in [0.2, 0.25) is 11.8 Å². The van der Waals surface area contributed by atoms with E-state index in [1.807, 2.05) is 66.7 Å². The van der Waals surface area contributed by atoms with Crippen molar-refractivity contribution in [1.82, 2.24) is 10.3 Å². The van der Waals surface area contributed by atoms with Crippen molar-refractivity contribution >= 4 is 22.7 Å². The van der Waals surface area contributed by atoms with Crippen LogP contribution in [-0.2, 0) is 22.4 Å². The number of nitrogens with zero attached hydrogens (tertiary/aromatic N) is 1. The van der Waals surface area contributed by atoms with Crippen molar-refractivity contribution < 1.29 is 9.59 Å². The minimum absolute atomic E-state index is 0.196. The molecule has 3 N–H and O–H groups in total. The van der Waals surface area contributed by atoms with E-state index in [0.29, 0.717) is 12.8 Å². The number of fused-ring (bicyclic) bond motifs is 1. The first-order chi connectivity index (χ1) is 12.6. The van der Waals surface area contributed by atoms with Crippen LogP contribution in [0.3, 0.4) is 0 Å². The molecule has 0 radical (unpaired) electrons. The molecule has 1 heterocycles. The molecule has 1 aromatic heterocycles. The number of benzene rings is 2. The standard InChI is InChI=1S/C21H21N3O2/c22-21(26)19(24-20(25)13-10-15-6-2-1-3-7-15)14-17-12-11-16-8-4-5-9-18(16)23-17/h1-9,11-12,19H,10,13-14H2,(H2,22,26)(H,24,25)/t19-/m1/s1. The van der Waals surface area contributed by atoms with Gasteiger partial charge >= 0.3 is 0 Å². The van der Waals surface area contributed by atoms with Crippen molar-refractivity contribution in [2.24, 2.45) is 5.73 Å². The van der Waals surface area contributed by atoms with E-state index in [-0.39, 0.29) is 12.3 Å². The topological polar surface area (TPSA) is 85.1 Å². The molecule has 3 aromatic rings. The summed E-state index contributed by atoms with van der Waals surface area (Å²) in [5.41, 5.74) is 8.12. The maximum absolute atomic E-state index is 12.2. The van der Waals surface area contributed by atoms with Crippen LogP contribution in [0.4, 0.5) is 0 Å². The van der Waals surface area contributed by atoms with Gasteiger partial charge in [-0.15, -0.1) is 0 Å². The molecule has 0 unspecified atom stereocenters. The Labute approximate surface area is 152 Å². The van der Waals surface area contributed by atoms with Gasteiger partial charge in [-0.25, -0.2) is 0 Å². The van der Waals surface area contributed by atoms with Gasteiger partial charge in [-0.05, 0) is 24.1 Å². The molecule has 0 saturated heterocycles. The number of carbonyl (C=O) groups is 2. The van der Waals surface area contributed by atoms with Crippen molar-refractivity contribution in [3.8, 4) is 0 Å². The predicted octanol–water partition coefficient (Wildman–Crippen LogP) is 2.38. The fourth-order valence-corrected chi connectivity index (χ4v) is 2.82. The highest BCUT2D eigenvalue weighted by molar-refractivity contribution is 5.87. The van der Waals surface area contributed by atoms with E-state index in [1.165, 1.54) is 0 Å². The first-order valence-electron chi connectivity index (χ1n) is 8.59. The second-order valence-electron chi connectivity index (χ2n) is 6.21. The number of hydrogen-bond acceptors (Lipinski definition) is 3. The number of nitrogens with one attached hydrogen (secondary N) is 1. The normalized spacial score (nSPS) is 11.8. The lowest BCUT2D eigenvalue weighted by Gasteiger charge is -2.15. The van der Waals surface area contributed by atoms with E-state index < -0.39 is 11.9 Å². The average molecular weight is 347 g/mol. The molecule has 1 atom stereocenters. The fraction of sp³-hybridized carbons (Fsp3) is 0.190. The molecule has 0 spiro atoms. The summed E-state index contributed by atoms with van der Waals surface area (Å²) in [6.07, 6.45) is 1.20. The minimum atomic E-state index is -0.771. The summed E-state index contributed by atoms with van der Waals surface area (Å²) in [4.78, 5) is 28.5. The molecule has 5 heteroatoms. The maximum atomic E-state index is 12.2. The molecule has 3 rings (SSSR count). The molecule has 5 nitrogen and oxygen atoms in total. The Bertz CT molecular complexity index is 909. The van der Waals surface area contributed by atoms with Crippen molar-refractivity contribution in [3.63, 3.8) is 0 Å². The molecule has 2 amide bonds. The monoisotopic (exact) mass is 347 g/mol. The summed E-state index contributed by atoms with van der Waals surface area (Å²) in [7, 11) is 0. The number of para-hydroxylation sites is 1. The summed E-state index contributed by atoms with van der Waals surface area (Å²) in [5.74, 6) is -0.758. The number of aryl methyl sites for hydroxylation is 1. The maximum Gasteiger partial charge on any atom is 0.240 e. The number of pyridine rings is 1. The quantitative estimate of drug-likeness (QED) is 0.688. The van der Waals surface area contributed by atoms with Gasteiger partial charge in [0.25, 0.3) is 0 Å². The van der Waals surface area contributed by atoms with Gasteiger partial charge in [-0.2, -0.15) is 0 Å². The van der Waals surface area contributed by atoms with Gasteiger partial charge in [-0.3, -0.25) is 14.6 Å². The van der Waals surface area contributed by atoms with Gasteiger partial charge in [0, 0.05) is 23.9 Å². The van der Waals surface area contributed by atoms with Crippen molar-refractivity contribution in [2.75, 3.05) is 0 Å². The number of carbonyl (C=O) groups excluding carboxylic acids is 2. The van der Waals surface area contributed by atoms with Crippen LogP contribution in [0.1, 0.15) is 17.7 Å². The predicted molar refractivity (Wildman–Crippen MR) is 101 cm³/mol. The Morgan fingerprint density at radius 3 is 2.46 bits per heavy atom. The van der Waals surface area contributed by atoms with Crippen LogP contribution in [0.2, 0.25) is 0 Å². The molecule has 0 aliphatic heterocycles. The van der Waals surface area contributed by atoms with Gasteiger partial charge in [0.1, 0.15) is 6.04 Å². The zero-order valence-corrected chi connectivity index (χ0v) is 14.4. The largest absolute Gasteiger partial charge is 0.368 e. The van der Waals surface area contributed by atoms with Crippen LogP contribution >= 0.6 is 0 Å². The highest BCUT2D eigenvalue weighted by Crippen LogP contribution is 2.13. The Morgan fingerprint density at radius 1 is 0.962 bits per heavy atom. The summed E-state index contributed by atoms with van der Waals surface area (Å²) in [5, 5.41) is 3.76. The Balaban J connectivity index is 1.62. The zero-order valence-electron chi connectivity index (χ0n) is 14.4. The summed E-state index contributed by atoms with van der Waals surface area (Å²) in [6, 6.07) is 20.5. The fourth-order valence-electron chi connectivity index (χ4n) is 2.82. The number of hydrogen-bond donors (Lipinski definition) is 2. The molecule has 26 heavy (non-hydrogen) atoms. The minimum Gasteiger partial charge on any atom is -0.368 e. The summed E-state index contributed by atoms with van der Waals surface area (Å²) >= 11 is 0. The van der Waals surface area contributed by atoms with E-state index in [9.17, 15) is 9.59 Å². The summed E-state index contributed by atoms with van der Waals surface area (Å²) < 4.78 is 0. The Kier molecular flexibility index (Phi) is 5.59. The van der Waals surface area contributed by atoms with Crippen LogP contribution in [0.5, 0.6) is 0 Å². The van der Waals surface area contributed by atoms with Crippen LogP contribution in [-0.4, -0.2) is 22.8 Å². The molecule has 2 aromatic carbocycles. The molecule has 0 aliphatic rings. The molecular weight excluding hydrogens is 326 g/mol. The van der Waals surface area contributed by atoms with E-state index in [4.69, 9.17) is 5.73 Å². The molecule has 132 valence electrons. The van der Waals surface area contributed by atoms with Crippen LogP contribution in [0.25, 0.3) is 10.9 Å². The number of primary amides is 1. The van der Waals surface area contributed by atoms with Crippen molar-refractivity contribution in [3.05, 3.63) is 78.0 Å². The molecule has 0 bridgehead atoms. The van der Waals surface area contributed by atoms with Gasteiger partial charge in [0.05, 0.1) is 5.52 Å². The second kappa shape index (κ2) is 8.25. The SMILES string of the molecule is NC(=O)[C@@H](Cc1ccc2ccccc2n1)NC(=O)CCc1ccccc1. The number of nitrogens with two attached hydrogens (primary N) is 1. The van der Waals surface area contributed by atoms with E-state index in [0.717, 1.165) is 22.2 Å². The molecule has 0 aliphatic carbocycles. The first kappa shape index (κ1) is 17.6. The molecule has 0 saturated carbocycles. The van der Waals surface area contributed by atoms with Crippen LogP contribution < -0.4 is 11.1 Å². The first-order valence-corrected chi connectivity index (χ1v) is 8.59. The second-order valence-corrected chi connectivity index (χ2v) is 6.21. The van der Waals surface area contributed by atoms with Gasteiger partial charge < -0.3 is 11.1 Å². The smallest absolute Gasteiger partial charge is 0.240 e. The third kappa shape index (κ3) is 4.66. The third-order valence-electron chi connectivity index (χ3n) is 4.23. The average Bonchev–Trinajstić information content (AvgIpc) is 2.66. The lowest BCUT2D eigenvalue weighted by molar-refractivity contribution is -0.127. The Hall–Kier alpha value is -3.21.